The highest BCUT2D eigenvalue weighted by atomic mass is 32.1. The minimum absolute atomic E-state index is 0.00455. The van der Waals surface area contributed by atoms with Crippen LogP contribution in [0.1, 0.15) is 69.6 Å². The number of amides is 1. The van der Waals surface area contributed by atoms with Gasteiger partial charge in [-0.3, -0.25) is 14.3 Å². The summed E-state index contributed by atoms with van der Waals surface area (Å²) in [6, 6.07) is 16.2. The molecule has 6 nitrogen and oxygen atoms in total. The predicted octanol–water partition coefficient (Wildman–Crippen LogP) is 6.01. The standard InChI is InChI=1S/C29H30N4O2S/c1-18-7-5-9-21(15-18)27-26(30-28(36-27)20-12-13-20)29(35)33-14-6-8-19(17-33)16-24(34)25-22-10-3-4-11-23(22)32(2)31-25/h3-5,7,9-11,15,19-20H,6,8,12-14,16-17H2,1-2H3/t19-/m0/s1. The molecule has 1 aliphatic carbocycles. The number of para-hydroxylation sites is 1. The van der Waals surface area contributed by atoms with Crippen molar-refractivity contribution in [2.45, 2.75) is 44.9 Å². The first-order valence-electron chi connectivity index (χ1n) is 12.8. The summed E-state index contributed by atoms with van der Waals surface area (Å²) < 4.78 is 1.77. The van der Waals surface area contributed by atoms with Crippen molar-refractivity contribution in [3.8, 4) is 10.4 Å². The maximum atomic E-state index is 13.8. The highest BCUT2D eigenvalue weighted by Gasteiger charge is 2.33. The third-order valence-corrected chi connectivity index (χ3v) is 8.62. The van der Waals surface area contributed by atoms with Crippen LogP contribution in [0.15, 0.2) is 48.5 Å². The maximum Gasteiger partial charge on any atom is 0.274 e. The van der Waals surface area contributed by atoms with Crippen molar-refractivity contribution in [3.63, 3.8) is 0 Å². The van der Waals surface area contributed by atoms with Gasteiger partial charge in [-0.25, -0.2) is 4.98 Å². The molecule has 1 saturated heterocycles. The van der Waals surface area contributed by atoms with Gasteiger partial charge < -0.3 is 4.90 Å². The number of carbonyl (C=O) groups is 2. The van der Waals surface area contributed by atoms with E-state index >= 15 is 0 Å². The molecule has 0 bridgehead atoms. The molecule has 2 aromatic carbocycles. The lowest BCUT2D eigenvalue weighted by molar-refractivity contribution is 0.0647. The molecule has 36 heavy (non-hydrogen) atoms. The van der Waals surface area contributed by atoms with Crippen LogP contribution in [0.4, 0.5) is 0 Å². The SMILES string of the molecule is Cc1cccc(-c2sc(C3CC3)nc2C(=O)N2CCC[C@@H](CC(=O)c3nn(C)c4ccccc34)C2)c1. The van der Waals surface area contributed by atoms with Gasteiger partial charge in [-0.2, -0.15) is 5.10 Å². The topological polar surface area (TPSA) is 68.1 Å². The number of likely N-dealkylation sites (tertiary alicyclic amines) is 1. The Kier molecular flexibility index (Phi) is 5.96. The van der Waals surface area contributed by atoms with Crippen molar-refractivity contribution >= 4 is 33.9 Å². The molecule has 0 unspecified atom stereocenters. The lowest BCUT2D eigenvalue weighted by Crippen LogP contribution is -2.40. The van der Waals surface area contributed by atoms with Crippen LogP contribution < -0.4 is 0 Å². The second-order valence-corrected chi connectivity index (χ2v) is 11.3. The number of hydrogen-bond donors (Lipinski definition) is 0. The number of benzene rings is 2. The average molecular weight is 499 g/mol. The van der Waals surface area contributed by atoms with Crippen molar-refractivity contribution in [2.24, 2.45) is 13.0 Å². The average Bonchev–Trinajstić information content (AvgIpc) is 3.55. The van der Waals surface area contributed by atoms with Crippen molar-refractivity contribution in [1.29, 1.82) is 0 Å². The smallest absolute Gasteiger partial charge is 0.274 e. The van der Waals surface area contributed by atoms with Gasteiger partial charge in [0.2, 0.25) is 0 Å². The summed E-state index contributed by atoms with van der Waals surface area (Å²) in [5.74, 6) is 0.672. The first-order valence-corrected chi connectivity index (χ1v) is 13.6. The molecule has 2 fully saturated rings. The van der Waals surface area contributed by atoms with Crippen LogP contribution in [0.3, 0.4) is 0 Å². The molecule has 0 N–H and O–H groups in total. The van der Waals surface area contributed by atoms with Crippen LogP contribution in [0.2, 0.25) is 0 Å². The number of Topliss-reactive ketones (excluding diaryl/α,β-unsaturated/α-hetero) is 1. The number of thiazole rings is 1. The number of aromatic nitrogens is 3. The summed E-state index contributed by atoms with van der Waals surface area (Å²) in [5.41, 5.74) is 4.31. The number of rotatable bonds is 6. The van der Waals surface area contributed by atoms with Gasteiger partial charge in [-0.15, -0.1) is 11.3 Å². The highest BCUT2D eigenvalue weighted by molar-refractivity contribution is 7.15. The van der Waals surface area contributed by atoms with Gasteiger partial charge in [0.05, 0.1) is 15.4 Å². The zero-order valence-electron chi connectivity index (χ0n) is 20.7. The minimum Gasteiger partial charge on any atom is -0.337 e. The molecule has 1 saturated carbocycles. The van der Waals surface area contributed by atoms with E-state index in [0.717, 1.165) is 52.0 Å². The van der Waals surface area contributed by atoms with Gasteiger partial charge in [0.1, 0.15) is 11.4 Å². The Morgan fingerprint density at radius 3 is 2.69 bits per heavy atom. The lowest BCUT2D eigenvalue weighted by atomic mass is 9.91. The Morgan fingerprint density at radius 2 is 1.89 bits per heavy atom. The first kappa shape index (κ1) is 23.1. The van der Waals surface area contributed by atoms with Crippen LogP contribution in [0, 0.1) is 12.8 Å². The molecule has 4 aromatic rings. The molecule has 6 rings (SSSR count). The van der Waals surface area contributed by atoms with Crippen molar-refractivity contribution < 1.29 is 9.59 Å². The van der Waals surface area contributed by atoms with Crippen LogP contribution in [0.5, 0.6) is 0 Å². The Bertz CT molecular complexity index is 1470. The van der Waals surface area contributed by atoms with E-state index in [2.05, 4.69) is 30.2 Å². The van der Waals surface area contributed by atoms with Gasteiger partial charge in [0, 0.05) is 37.9 Å². The summed E-state index contributed by atoms with van der Waals surface area (Å²) in [6.45, 7) is 3.36. The third kappa shape index (κ3) is 4.37. The number of nitrogens with zero attached hydrogens (tertiary/aromatic N) is 4. The number of hydrogen-bond acceptors (Lipinski definition) is 5. The second-order valence-electron chi connectivity index (χ2n) is 10.2. The Hall–Kier alpha value is -3.32. The largest absolute Gasteiger partial charge is 0.337 e. The molecule has 1 amide bonds. The predicted molar refractivity (Wildman–Crippen MR) is 143 cm³/mol. The van der Waals surface area contributed by atoms with E-state index in [9.17, 15) is 9.59 Å². The quantitative estimate of drug-likeness (QED) is 0.306. The van der Waals surface area contributed by atoms with Gasteiger partial charge in [0.15, 0.2) is 5.78 Å². The molecule has 184 valence electrons. The van der Waals surface area contributed by atoms with E-state index in [0.29, 0.717) is 36.8 Å². The molecule has 2 aromatic heterocycles. The molecule has 0 spiro atoms. The Labute approximate surface area is 215 Å². The molecule has 1 aliphatic heterocycles. The van der Waals surface area contributed by atoms with Crippen molar-refractivity contribution in [2.75, 3.05) is 13.1 Å². The number of ketones is 1. The van der Waals surface area contributed by atoms with Crippen LogP contribution in [-0.2, 0) is 7.05 Å². The first-order chi connectivity index (χ1) is 17.5. The lowest BCUT2D eigenvalue weighted by Gasteiger charge is -2.32. The van der Waals surface area contributed by atoms with E-state index in [1.54, 1.807) is 16.0 Å². The molecule has 3 heterocycles. The zero-order valence-corrected chi connectivity index (χ0v) is 21.6. The summed E-state index contributed by atoms with van der Waals surface area (Å²) in [7, 11) is 1.87. The van der Waals surface area contributed by atoms with Crippen molar-refractivity contribution in [1.82, 2.24) is 19.7 Å². The van der Waals surface area contributed by atoms with Gasteiger partial charge >= 0.3 is 0 Å². The minimum atomic E-state index is -0.00455. The second kappa shape index (κ2) is 9.28. The maximum absolute atomic E-state index is 13.8. The summed E-state index contributed by atoms with van der Waals surface area (Å²) in [6.07, 6.45) is 4.55. The van der Waals surface area contributed by atoms with Crippen LogP contribution in [0.25, 0.3) is 21.3 Å². The summed E-state index contributed by atoms with van der Waals surface area (Å²) in [5, 5.41) is 6.49. The molecule has 7 heteroatoms. The zero-order chi connectivity index (χ0) is 24.8. The van der Waals surface area contributed by atoms with Crippen LogP contribution >= 0.6 is 11.3 Å². The van der Waals surface area contributed by atoms with E-state index in [1.807, 2.05) is 42.3 Å². The highest BCUT2D eigenvalue weighted by Crippen LogP contribution is 2.45. The molecular formula is C29H30N4O2S. The summed E-state index contributed by atoms with van der Waals surface area (Å²) >= 11 is 1.67. The molecule has 2 aliphatic rings. The van der Waals surface area contributed by atoms with E-state index in [1.165, 1.54) is 5.56 Å². The fourth-order valence-electron chi connectivity index (χ4n) is 5.31. The fourth-order valence-corrected chi connectivity index (χ4v) is 6.54. The molecule has 0 radical (unpaired) electrons. The van der Waals surface area contributed by atoms with Gasteiger partial charge in [-0.05, 0) is 50.2 Å². The number of aryl methyl sites for hydroxylation is 2. The normalized spacial score (nSPS) is 18.1. The van der Waals surface area contributed by atoms with E-state index < -0.39 is 0 Å². The Morgan fingerprint density at radius 1 is 1.06 bits per heavy atom. The van der Waals surface area contributed by atoms with E-state index in [4.69, 9.17) is 4.98 Å². The van der Waals surface area contributed by atoms with Crippen LogP contribution in [-0.4, -0.2) is 44.4 Å². The number of carbonyl (C=O) groups excluding carboxylic acids is 2. The van der Waals surface area contributed by atoms with Crippen molar-refractivity contribution in [3.05, 3.63) is 70.5 Å². The van der Waals surface area contributed by atoms with E-state index in [-0.39, 0.29) is 17.6 Å². The monoisotopic (exact) mass is 498 g/mol. The molecule has 1 atom stereocenters. The number of fused-ring (bicyclic) bond motifs is 1. The fraction of sp³-hybridized carbons (Fsp3) is 0.379. The summed E-state index contributed by atoms with van der Waals surface area (Å²) in [4.78, 5) is 34.8. The van der Waals surface area contributed by atoms with Gasteiger partial charge in [-0.1, -0.05) is 48.0 Å². The molecular weight excluding hydrogens is 468 g/mol. The third-order valence-electron chi connectivity index (χ3n) is 7.36. The van der Waals surface area contributed by atoms with Gasteiger partial charge in [0.25, 0.3) is 5.91 Å². The number of piperidine rings is 1. The Balaban J connectivity index is 1.22.